The minimum Gasteiger partial charge on any atom is -0.355 e. The number of hydrogen-bond acceptors (Lipinski definition) is 2. The fourth-order valence-corrected chi connectivity index (χ4v) is 4.06. The Hall–Kier alpha value is -3.08. The number of likely N-dealkylation sites (tertiary alicyclic amines) is 1. The summed E-state index contributed by atoms with van der Waals surface area (Å²) in [5.41, 5.74) is 3.99. The van der Waals surface area contributed by atoms with Crippen LogP contribution in [0.3, 0.4) is 0 Å². The number of para-hydroxylation sites is 1. The van der Waals surface area contributed by atoms with E-state index in [9.17, 15) is 9.59 Å². The van der Waals surface area contributed by atoms with E-state index in [2.05, 4.69) is 28.5 Å². The number of carbonyl (C=O) groups is 2. The van der Waals surface area contributed by atoms with Gasteiger partial charge in [-0.15, -0.1) is 0 Å². The van der Waals surface area contributed by atoms with Crippen LogP contribution in [0.5, 0.6) is 0 Å². The fraction of sp³-hybridized carbons (Fsp3) is 0.304. The van der Waals surface area contributed by atoms with Crippen molar-refractivity contribution in [2.75, 3.05) is 11.9 Å². The molecule has 1 aliphatic heterocycles. The molecule has 2 heterocycles. The van der Waals surface area contributed by atoms with E-state index in [0.29, 0.717) is 6.54 Å². The highest BCUT2D eigenvalue weighted by Crippen LogP contribution is 2.34. The molecule has 1 saturated heterocycles. The molecular formula is C23H23N3O2. The third-order valence-corrected chi connectivity index (χ3v) is 5.76. The van der Waals surface area contributed by atoms with Gasteiger partial charge < -0.3 is 15.2 Å². The lowest BCUT2D eigenvalue weighted by molar-refractivity contribution is -0.137. The minimum atomic E-state index is -0.332. The average Bonchev–Trinajstić information content (AvgIpc) is 3.28. The summed E-state index contributed by atoms with van der Waals surface area (Å²) in [6.07, 6.45) is 3.59. The molecule has 0 radical (unpaired) electrons. The first kappa shape index (κ1) is 17.0. The summed E-state index contributed by atoms with van der Waals surface area (Å²) in [6, 6.07) is 17.8. The van der Waals surface area contributed by atoms with Crippen molar-refractivity contribution in [1.29, 1.82) is 0 Å². The van der Waals surface area contributed by atoms with Gasteiger partial charge in [0.25, 0.3) is 0 Å². The molecule has 28 heavy (non-hydrogen) atoms. The highest BCUT2D eigenvalue weighted by atomic mass is 16.2. The van der Waals surface area contributed by atoms with Crippen LogP contribution in [-0.4, -0.2) is 34.3 Å². The van der Waals surface area contributed by atoms with Crippen LogP contribution in [-0.2, 0) is 9.59 Å². The van der Waals surface area contributed by atoms with Gasteiger partial charge in [0.2, 0.25) is 11.8 Å². The summed E-state index contributed by atoms with van der Waals surface area (Å²) in [6.45, 7) is 0.701. The van der Waals surface area contributed by atoms with Crippen LogP contribution in [0.4, 0.5) is 5.69 Å². The average molecular weight is 373 g/mol. The molecule has 2 aliphatic rings. The summed E-state index contributed by atoms with van der Waals surface area (Å²) in [5, 5.41) is 4.17. The molecule has 1 aromatic heterocycles. The number of hydrogen-bond donors (Lipinski definition) is 2. The molecule has 1 aliphatic carbocycles. The summed E-state index contributed by atoms with van der Waals surface area (Å²) >= 11 is 0. The molecule has 0 bridgehead atoms. The van der Waals surface area contributed by atoms with Crippen molar-refractivity contribution < 1.29 is 9.59 Å². The number of amides is 2. The van der Waals surface area contributed by atoms with Crippen molar-refractivity contribution >= 4 is 28.4 Å². The number of rotatable bonds is 4. The molecule has 2 aromatic carbocycles. The van der Waals surface area contributed by atoms with E-state index >= 15 is 0 Å². The molecule has 3 aromatic rings. The third kappa shape index (κ3) is 3.17. The number of fused-ring (bicyclic) bond motifs is 1. The van der Waals surface area contributed by atoms with Gasteiger partial charge in [0, 0.05) is 34.7 Å². The topological polar surface area (TPSA) is 65.2 Å². The third-order valence-electron chi connectivity index (χ3n) is 5.76. The Balaban J connectivity index is 1.29. The van der Waals surface area contributed by atoms with Gasteiger partial charge in [0.05, 0.1) is 0 Å². The monoisotopic (exact) mass is 373 g/mol. The number of carbonyl (C=O) groups excluding carboxylic acids is 2. The Morgan fingerprint density at radius 3 is 2.54 bits per heavy atom. The minimum absolute atomic E-state index is 0.0788. The van der Waals surface area contributed by atoms with E-state index in [0.717, 1.165) is 48.1 Å². The Bertz CT molecular complexity index is 1000. The largest absolute Gasteiger partial charge is 0.355 e. The van der Waals surface area contributed by atoms with Gasteiger partial charge >= 0.3 is 0 Å². The van der Waals surface area contributed by atoms with Crippen molar-refractivity contribution in [1.82, 2.24) is 9.88 Å². The fourth-order valence-electron chi connectivity index (χ4n) is 4.06. The zero-order chi connectivity index (χ0) is 19.1. The summed E-state index contributed by atoms with van der Waals surface area (Å²) in [4.78, 5) is 30.3. The second kappa shape index (κ2) is 6.82. The summed E-state index contributed by atoms with van der Waals surface area (Å²) in [7, 11) is 0. The number of anilines is 1. The second-order valence-corrected chi connectivity index (χ2v) is 7.80. The standard InChI is InChI=1S/C23H23N3O2/c27-22(21-6-3-13-26(21)23(28)16-7-8-16)24-18-11-9-15(10-12-18)20-14-17-4-1-2-5-19(17)25-20/h1-2,4-5,9-12,14,16,21,25H,3,6-8,13H2,(H,24,27). The molecule has 2 fully saturated rings. The molecular weight excluding hydrogens is 350 g/mol. The van der Waals surface area contributed by atoms with Gasteiger partial charge in [-0.3, -0.25) is 9.59 Å². The van der Waals surface area contributed by atoms with Gasteiger partial charge in [-0.1, -0.05) is 30.3 Å². The smallest absolute Gasteiger partial charge is 0.247 e. The maximum absolute atomic E-state index is 12.7. The van der Waals surface area contributed by atoms with Crippen molar-refractivity contribution in [2.45, 2.75) is 31.7 Å². The van der Waals surface area contributed by atoms with E-state index in [1.54, 1.807) is 4.90 Å². The lowest BCUT2D eigenvalue weighted by Gasteiger charge is -2.24. The quantitative estimate of drug-likeness (QED) is 0.721. The summed E-state index contributed by atoms with van der Waals surface area (Å²) in [5.74, 6) is 0.237. The van der Waals surface area contributed by atoms with Gasteiger partial charge in [-0.2, -0.15) is 0 Å². The Kier molecular flexibility index (Phi) is 4.15. The molecule has 0 spiro atoms. The van der Waals surface area contributed by atoms with Crippen molar-refractivity contribution in [3.8, 4) is 11.3 Å². The number of benzene rings is 2. The van der Waals surface area contributed by atoms with Gasteiger partial charge in [-0.05, 0) is 55.5 Å². The first-order valence-corrected chi connectivity index (χ1v) is 9.98. The number of aromatic nitrogens is 1. The lowest BCUT2D eigenvalue weighted by Crippen LogP contribution is -2.43. The van der Waals surface area contributed by atoms with Crippen LogP contribution in [0.25, 0.3) is 22.2 Å². The predicted molar refractivity (Wildman–Crippen MR) is 110 cm³/mol. The lowest BCUT2D eigenvalue weighted by atomic mass is 10.1. The van der Waals surface area contributed by atoms with Crippen LogP contribution in [0, 0.1) is 5.92 Å². The zero-order valence-corrected chi connectivity index (χ0v) is 15.7. The van der Waals surface area contributed by atoms with Crippen LogP contribution in [0.15, 0.2) is 54.6 Å². The maximum atomic E-state index is 12.7. The van der Waals surface area contributed by atoms with Crippen LogP contribution < -0.4 is 5.32 Å². The van der Waals surface area contributed by atoms with E-state index in [-0.39, 0.29) is 23.8 Å². The van der Waals surface area contributed by atoms with Crippen molar-refractivity contribution in [3.63, 3.8) is 0 Å². The predicted octanol–water partition coefficient (Wildman–Crippen LogP) is 4.17. The number of H-pyrrole nitrogens is 1. The highest BCUT2D eigenvalue weighted by Gasteiger charge is 2.40. The van der Waals surface area contributed by atoms with Gasteiger partial charge in [-0.25, -0.2) is 0 Å². The van der Waals surface area contributed by atoms with E-state index in [1.165, 1.54) is 5.39 Å². The molecule has 2 N–H and O–H groups in total. The molecule has 1 saturated carbocycles. The number of nitrogens with one attached hydrogen (secondary N) is 2. The molecule has 5 nitrogen and oxygen atoms in total. The van der Waals surface area contributed by atoms with Crippen LogP contribution in [0.1, 0.15) is 25.7 Å². The molecule has 1 unspecified atom stereocenters. The summed E-state index contributed by atoms with van der Waals surface area (Å²) < 4.78 is 0. The van der Waals surface area contributed by atoms with Crippen LogP contribution in [0.2, 0.25) is 0 Å². The second-order valence-electron chi connectivity index (χ2n) is 7.80. The SMILES string of the molecule is O=C(Nc1ccc(-c2cc3ccccc3[nH]2)cc1)C1CCCN1C(=O)C1CC1. The van der Waals surface area contributed by atoms with Gasteiger partial charge in [0.1, 0.15) is 6.04 Å². The highest BCUT2D eigenvalue weighted by molar-refractivity contribution is 5.98. The number of nitrogens with zero attached hydrogens (tertiary/aromatic N) is 1. The van der Waals surface area contributed by atoms with E-state index in [1.807, 2.05) is 36.4 Å². The molecule has 2 amide bonds. The maximum Gasteiger partial charge on any atom is 0.247 e. The molecule has 5 heteroatoms. The van der Waals surface area contributed by atoms with Crippen molar-refractivity contribution in [2.24, 2.45) is 5.92 Å². The Morgan fingerprint density at radius 2 is 1.79 bits per heavy atom. The van der Waals surface area contributed by atoms with Crippen LogP contribution >= 0.6 is 0 Å². The van der Waals surface area contributed by atoms with Crippen molar-refractivity contribution in [3.05, 3.63) is 54.6 Å². The first-order chi connectivity index (χ1) is 13.7. The molecule has 1 atom stereocenters. The van der Waals surface area contributed by atoms with Gasteiger partial charge in [0.15, 0.2) is 0 Å². The zero-order valence-electron chi connectivity index (χ0n) is 15.7. The van der Waals surface area contributed by atoms with E-state index < -0.39 is 0 Å². The number of aromatic amines is 1. The Labute approximate surface area is 163 Å². The van der Waals surface area contributed by atoms with E-state index in [4.69, 9.17) is 0 Å². The molecule has 142 valence electrons. The molecule has 5 rings (SSSR count). The Morgan fingerprint density at radius 1 is 1.00 bits per heavy atom. The normalized spacial score (nSPS) is 19.1. The first-order valence-electron chi connectivity index (χ1n) is 9.98.